The van der Waals surface area contributed by atoms with Crippen LogP contribution in [-0.4, -0.2) is 15.0 Å². The molecular formula is C4H8Se. The average Bonchev–Trinajstić information content (AvgIpc) is 1.38. The van der Waals surface area contributed by atoms with Crippen LogP contribution in [0.5, 0.6) is 0 Å². The van der Waals surface area contributed by atoms with Crippen LogP contribution in [0.4, 0.5) is 0 Å². The monoisotopic (exact) mass is 136 g/mol. The predicted octanol–water partition coefficient (Wildman–Crippen LogP) is 1.27. The van der Waals surface area contributed by atoms with Gasteiger partial charge in [0.15, 0.2) is 0 Å². The van der Waals surface area contributed by atoms with Crippen molar-refractivity contribution in [1.29, 1.82) is 0 Å². The van der Waals surface area contributed by atoms with Gasteiger partial charge in [-0.05, 0) is 0 Å². The van der Waals surface area contributed by atoms with Gasteiger partial charge in [-0.3, -0.25) is 0 Å². The maximum atomic E-state index is 3.70. The SMILES string of the molecule is C=C(C)[Se]C. The molecule has 0 aliphatic rings. The molecule has 0 amide bonds. The molecule has 0 bridgehead atoms. The van der Waals surface area contributed by atoms with Gasteiger partial charge in [-0.25, -0.2) is 0 Å². The Balaban J connectivity index is 2.85. The van der Waals surface area contributed by atoms with Crippen LogP contribution in [0.15, 0.2) is 11.1 Å². The van der Waals surface area contributed by atoms with E-state index < -0.39 is 0 Å². The standard InChI is InChI=1S/C4H8Se/c1-4(2)5-3/h1H2,2-3H3. The molecule has 0 saturated carbocycles. The summed E-state index contributed by atoms with van der Waals surface area (Å²) >= 11 is 0.681. The van der Waals surface area contributed by atoms with E-state index in [0.29, 0.717) is 15.0 Å². The zero-order valence-corrected chi connectivity index (χ0v) is 5.33. The van der Waals surface area contributed by atoms with Gasteiger partial charge in [-0.2, -0.15) is 0 Å². The van der Waals surface area contributed by atoms with Crippen LogP contribution in [0.2, 0.25) is 5.82 Å². The van der Waals surface area contributed by atoms with E-state index in [2.05, 4.69) is 19.3 Å². The molecular weight excluding hydrogens is 127 g/mol. The molecule has 0 aliphatic heterocycles. The summed E-state index contributed by atoms with van der Waals surface area (Å²) in [5.41, 5.74) is 0. The zero-order valence-electron chi connectivity index (χ0n) is 3.62. The summed E-state index contributed by atoms with van der Waals surface area (Å²) in [7, 11) is 0. The second kappa shape index (κ2) is 2.49. The molecule has 5 heavy (non-hydrogen) atoms. The fourth-order valence-electron chi connectivity index (χ4n) is 0. The zero-order chi connectivity index (χ0) is 4.28. The molecule has 0 spiro atoms. The van der Waals surface area contributed by atoms with Gasteiger partial charge in [0, 0.05) is 0 Å². The Kier molecular flexibility index (Phi) is 2.62. The van der Waals surface area contributed by atoms with Crippen LogP contribution in [0.25, 0.3) is 0 Å². The third kappa shape index (κ3) is 4.26. The van der Waals surface area contributed by atoms with Crippen molar-refractivity contribution in [2.24, 2.45) is 0 Å². The minimum absolute atomic E-state index is 0.681. The van der Waals surface area contributed by atoms with E-state index in [1.807, 2.05) is 0 Å². The third-order valence-electron chi connectivity index (χ3n) is 0.348. The van der Waals surface area contributed by atoms with Gasteiger partial charge < -0.3 is 0 Å². The van der Waals surface area contributed by atoms with Gasteiger partial charge in [-0.1, -0.05) is 0 Å². The first kappa shape index (κ1) is 5.26. The van der Waals surface area contributed by atoms with Crippen molar-refractivity contribution in [3.05, 3.63) is 11.1 Å². The number of rotatable bonds is 1. The molecule has 0 N–H and O–H groups in total. The summed E-state index contributed by atoms with van der Waals surface area (Å²) in [5.74, 6) is 2.16. The second-order valence-corrected chi connectivity index (χ2v) is 3.22. The molecule has 0 atom stereocenters. The molecule has 1 heteroatoms. The fraction of sp³-hybridized carbons (Fsp3) is 0.500. The molecule has 0 nitrogen and oxygen atoms in total. The van der Waals surface area contributed by atoms with E-state index >= 15 is 0 Å². The molecule has 0 rings (SSSR count). The first-order valence-corrected chi connectivity index (χ1v) is 4.04. The van der Waals surface area contributed by atoms with E-state index in [-0.39, 0.29) is 0 Å². The van der Waals surface area contributed by atoms with Crippen molar-refractivity contribution in [2.45, 2.75) is 12.7 Å². The molecule has 0 heterocycles. The summed E-state index contributed by atoms with van der Waals surface area (Å²) in [6.07, 6.45) is 0. The summed E-state index contributed by atoms with van der Waals surface area (Å²) in [4.78, 5) is 0. The molecule has 0 aromatic heterocycles. The Labute approximate surface area is 39.4 Å². The van der Waals surface area contributed by atoms with Gasteiger partial charge in [0.2, 0.25) is 0 Å². The van der Waals surface area contributed by atoms with E-state index in [9.17, 15) is 0 Å². The molecule has 0 unspecified atom stereocenters. The molecule has 30 valence electrons. The van der Waals surface area contributed by atoms with Crippen LogP contribution >= 0.6 is 0 Å². The first-order chi connectivity index (χ1) is 2.27. The van der Waals surface area contributed by atoms with E-state index in [1.54, 1.807) is 0 Å². The second-order valence-electron chi connectivity index (χ2n) is 0.906. The van der Waals surface area contributed by atoms with E-state index in [0.717, 1.165) is 0 Å². The number of hydrogen-bond acceptors (Lipinski definition) is 0. The first-order valence-electron chi connectivity index (χ1n) is 1.47. The van der Waals surface area contributed by atoms with Gasteiger partial charge in [0.05, 0.1) is 0 Å². The Morgan fingerprint density at radius 1 is 1.80 bits per heavy atom. The molecule has 0 saturated heterocycles. The quantitative estimate of drug-likeness (QED) is 0.475. The molecule has 0 radical (unpaired) electrons. The Hall–Kier alpha value is 0.259. The van der Waals surface area contributed by atoms with Crippen LogP contribution in [0.1, 0.15) is 6.92 Å². The van der Waals surface area contributed by atoms with Crippen molar-refractivity contribution >= 4 is 15.0 Å². The van der Waals surface area contributed by atoms with Gasteiger partial charge in [0.25, 0.3) is 0 Å². The Morgan fingerprint density at radius 3 is 2.00 bits per heavy atom. The van der Waals surface area contributed by atoms with Crippen molar-refractivity contribution in [3.63, 3.8) is 0 Å². The normalized spacial score (nSPS) is 7.60. The van der Waals surface area contributed by atoms with Crippen LogP contribution in [-0.2, 0) is 0 Å². The third-order valence-corrected chi connectivity index (χ3v) is 1.81. The minimum atomic E-state index is 0.681. The predicted molar refractivity (Wildman–Crippen MR) is 26.4 cm³/mol. The summed E-state index contributed by atoms with van der Waals surface area (Å²) in [6.45, 7) is 5.76. The van der Waals surface area contributed by atoms with Crippen molar-refractivity contribution < 1.29 is 0 Å². The van der Waals surface area contributed by atoms with Crippen LogP contribution in [0.3, 0.4) is 0 Å². The van der Waals surface area contributed by atoms with Crippen molar-refractivity contribution in [3.8, 4) is 0 Å². The van der Waals surface area contributed by atoms with Crippen molar-refractivity contribution in [1.82, 2.24) is 0 Å². The summed E-state index contributed by atoms with van der Waals surface area (Å²) < 4.78 is 1.32. The van der Waals surface area contributed by atoms with E-state index in [4.69, 9.17) is 0 Å². The van der Waals surface area contributed by atoms with Crippen molar-refractivity contribution in [2.75, 3.05) is 0 Å². The van der Waals surface area contributed by atoms with Gasteiger partial charge >= 0.3 is 38.8 Å². The Morgan fingerprint density at radius 2 is 2.00 bits per heavy atom. The summed E-state index contributed by atoms with van der Waals surface area (Å²) in [5, 5.41) is 0. The molecule has 0 aromatic rings. The molecule has 0 fully saturated rings. The number of allylic oxidation sites excluding steroid dienone is 1. The Bertz CT molecular complexity index is 38.9. The van der Waals surface area contributed by atoms with Gasteiger partial charge in [-0.15, -0.1) is 0 Å². The average molecular weight is 135 g/mol. The van der Waals surface area contributed by atoms with Crippen LogP contribution < -0.4 is 0 Å². The maximum absolute atomic E-state index is 3.70. The summed E-state index contributed by atoms with van der Waals surface area (Å²) in [6, 6.07) is 0. The van der Waals surface area contributed by atoms with Gasteiger partial charge in [0.1, 0.15) is 0 Å². The number of hydrogen-bond donors (Lipinski definition) is 0. The molecule has 0 aromatic carbocycles. The van der Waals surface area contributed by atoms with E-state index in [1.165, 1.54) is 4.47 Å². The van der Waals surface area contributed by atoms with Crippen LogP contribution in [0, 0.1) is 0 Å². The molecule has 0 aliphatic carbocycles. The topological polar surface area (TPSA) is 0 Å². The fourth-order valence-corrected chi connectivity index (χ4v) is 0.